The Labute approximate surface area is 184 Å². The number of aromatic nitrogens is 1. The number of guanidine groups is 1. The number of rotatable bonds is 9. The Kier molecular flexibility index (Phi) is 9.08. The molecule has 0 atom stereocenters. The fourth-order valence-electron chi connectivity index (χ4n) is 3.54. The molecule has 164 valence electrons. The number of likely N-dealkylation sites (tertiary alicyclic amines) is 1. The molecule has 3 rings (SSSR count). The molecule has 1 aromatic carbocycles. The molecule has 0 saturated carbocycles. The summed E-state index contributed by atoms with van der Waals surface area (Å²) in [6, 6.07) is 10.5. The summed E-state index contributed by atoms with van der Waals surface area (Å²) < 4.78 is 5.73. The lowest BCUT2D eigenvalue weighted by molar-refractivity contribution is 0.166. The zero-order valence-electron chi connectivity index (χ0n) is 18.5. The smallest absolute Gasteiger partial charge is 0.208 e. The molecule has 7 heteroatoms. The normalized spacial score (nSPS) is 16.0. The van der Waals surface area contributed by atoms with Gasteiger partial charge in [-0.1, -0.05) is 18.2 Å². The number of hydrogen-bond donors (Lipinski definition) is 2. The second-order valence-corrected chi connectivity index (χ2v) is 8.94. The van der Waals surface area contributed by atoms with Crippen LogP contribution in [0.3, 0.4) is 0 Å². The molecule has 0 spiro atoms. The largest absolute Gasteiger partial charge is 0.444 e. The molecule has 1 aromatic heterocycles. The van der Waals surface area contributed by atoms with Crippen LogP contribution in [0.4, 0.5) is 0 Å². The highest BCUT2D eigenvalue weighted by molar-refractivity contribution is 7.99. The second-order valence-electron chi connectivity index (χ2n) is 7.78. The van der Waals surface area contributed by atoms with Gasteiger partial charge in [0.1, 0.15) is 5.76 Å². The van der Waals surface area contributed by atoms with E-state index in [0.717, 1.165) is 68.3 Å². The van der Waals surface area contributed by atoms with Crippen molar-refractivity contribution >= 4 is 17.7 Å². The van der Waals surface area contributed by atoms with Gasteiger partial charge >= 0.3 is 0 Å². The molecular weight excluding hydrogens is 394 g/mol. The van der Waals surface area contributed by atoms with Gasteiger partial charge in [-0.15, -0.1) is 11.8 Å². The molecule has 1 saturated heterocycles. The first-order chi connectivity index (χ1) is 14.6. The maximum atomic E-state index is 5.73. The van der Waals surface area contributed by atoms with E-state index < -0.39 is 0 Å². The molecule has 0 radical (unpaired) electrons. The van der Waals surface area contributed by atoms with Crippen LogP contribution in [0.2, 0.25) is 0 Å². The zero-order valence-corrected chi connectivity index (χ0v) is 19.3. The average Bonchev–Trinajstić information content (AvgIpc) is 3.07. The number of aryl methyl sites for hydroxylation is 2. The first-order valence-corrected chi connectivity index (χ1v) is 12.0. The number of nitrogens with one attached hydrogen (secondary N) is 2. The highest BCUT2D eigenvalue weighted by atomic mass is 32.2. The van der Waals surface area contributed by atoms with Gasteiger partial charge in [-0.05, 0) is 64.8 Å². The van der Waals surface area contributed by atoms with E-state index in [1.54, 1.807) is 0 Å². The van der Waals surface area contributed by atoms with Crippen LogP contribution in [0.1, 0.15) is 37.1 Å². The Morgan fingerprint density at radius 1 is 1.20 bits per heavy atom. The number of benzene rings is 1. The highest BCUT2D eigenvalue weighted by Crippen LogP contribution is 2.20. The average molecular weight is 430 g/mol. The summed E-state index contributed by atoms with van der Waals surface area (Å²) in [6.07, 6.45) is 2.34. The lowest BCUT2D eigenvalue weighted by Gasteiger charge is -2.30. The number of thioether (sulfide) groups is 1. The summed E-state index contributed by atoms with van der Waals surface area (Å²) in [7, 11) is 0. The third-order valence-corrected chi connectivity index (χ3v) is 6.41. The first kappa shape index (κ1) is 22.7. The molecule has 0 amide bonds. The summed E-state index contributed by atoms with van der Waals surface area (Å²) in [6.45, 7) is 11.7. The van der Waals surface area contributed by atoms with Crippen molar-refractivity contribution in [2.75, 3.05) is 38.5 Å². The summed E-state index contributed by atoms with van der Waals surface area (Å²) in [4.78, 5) is 13.1. The van der Waals surface area contributed by atoms with Gasteiger partial charge in [0.25, 0.3) is 0 Å². The number of hydrogen-bond acceptors (Lipinski definition) is 5. The number of piperidine rings is 1. The summed E-state index contributed by atoms with van der Waals surface area (Å²) in [5.74, 6) is 4.36. The van der Waals surface area contributed by atoms with E-state index in [1.165, 1.54) is 17.7 Å². The van der Waals surface area contributed by atoms with Crippen molar-refractivity contribution in [1.29, 1.82) is 0 Å². The van der Waals surface area contributed by atoms with Crippen LogP contribution < -0.4 is 10.6 Å². The van der Waals surface area contributed by atoms with Crippen molar-refractivity contribution in [3.05, 3.63) is 47.7 Å². The fourth-order valence-corrected chi connectivity index (χ4v) is 4.33. The van der Waals surface area contributed by atoms with Crippen molar-refractivity contribution in [2.45, 2.75) is 45.1 Å². The van der Waals surface area contributed by atoms with E-state index in [2.05, 4.69) is 57.8 Å². The van der Waals surface area contributed by atoms with E-state index in [9.17, 15) is 0 Å². The summed E-state index contributed by atoms with van der Waals surface area (Å²) in [5.41, 5.74) is 1.000. The highest BCUT2D eigenvalue weighted by Gasteiger charge is 2.20. The molecule has 0 aliphatic carbocycles. The van der Waals surface area contributed by atoms with Gasteiger partial charge in [0.2, 0.25) is 5.89 Å². The Morgan fingerprint density at radius 3 is 2.63 bits per heavy atom. The van der Waals surface area contributed by atoms with E-state index in [4.69, 9.17) is 9.41 Å². The maximum absolute atomic E-state index is 5.73. The zero-order chi connectivity index (χ0) is 21.2. The third kappa shape index (κ3) is 7.36. The van der Waals surface area contributed by atoms with Crippen LogP contribution in [0.5, 0.6) is 0 Å². The van der Waals surface area contributed by atoms with Gasteiger partial charge in [-0.25, -0.2) is 4.98 Å². The van der Waals surface area contributed by atoms with E-state index >= 15 is 0 Å². The molecule has 0 bridgehead atoms. The first-order valence-electron chi connectivity index (χ1n) is 11.0. The van der Waals surface area contributed by atoms with Crippen LogP contribution in [-0.2, 0) is 6.54 Å². The quantitative estimate of drug-likeness (QED) is 0.273. The number of aliphatic imine (C=N–C) groups is 1. The predicted octanol–water partition coefficient (Wildman–Crippen LogP) is 3.85. The van der Waals surface area contributed by atoms with Crippen molar-refractivity contribution in [2.24, 2.45) is 10.9 Å². The molecular formula is C23H35N5OS. The minimum Gasteiger partial charge on any atom is -0.444 e. The van der Waals surface area contributed by atoms with Crippen molar-refractivity contribution in [3.63, 3.8) is 0 Å². The molecule has 2 N–H and O–H groups in total. The van der Waals surface area contributed by atoms with Gasteiger partial charge in [0.05, 0.1) is 12.2 Å². The van der Waals surface area contributed by atoms with Gasteiger partial charge in [0, 0.05) is 30.3 Å². The lowest BCUT2D eigenvalue weighted by Crippen LogP contribution is -2.39. The van der Waals surface area contributed by atoms with Gasteiger partial charge in [-0.2, -0.15) is 0 Å². The van der Waals surface area contributed by atoms with E-state index in [0.29, 0.717) is 5.92 Å². The number of oxazole rings is 1. The van der Waals surface area contributed by atoms with Gasteiger partial charge in [-0.3, -0.25) is 9.89 Å². The third-order valence-electron chi connectivity index (χ3n) is 5.40. The summed E-state index contributed by atoms with van der Waals surface area (Å²) in [5, 5.41) is 6.83. The molecule has 1 fully saturated rings. The monoisotopic (exact) mass is 429 g/mol. The van der Waals surface area contributed by atoms with Crippen molar-refractivity contribution in [1.82, 2.24) is 20.5 Å². The van der Waals surface area contributed by atoms with Gasteiger partial charge in [0.15, 0.2) is 5.96 Å². The Hall–Kier alpha value is -1.99. The number of nitrogens with zero attached hydrogens (tertiary/aromatic N) is 3. The van der Waals surface area contributed by atoms with Crippen LogP contribution in [0, 0.1) is 19.8 Å². The lowest BCUT2D eigenvalue weighted by atomic mass is 9.97. The minimum absolute atomic E-state index is 0.642. The van der Waals surface area contributed by atoms with Crippen molar-refractivity contribution in [3.8, 4) is 0 Å². The minimum atomic E-state index is 0.642. The molecule has 1 aliphatic heterocycles. The topological polar surface area (TPSA) is 65.7 Å². The Morgan fingerprint density at radius 2 is 1.97 bits per heavy atom. The molecule has 0 unspecified atom stereocenters. The molecule has 2 aromatic rings. The summed E-state index contributed by atoms with van der Waals surface area (Å²) >= 11 is 1.87. The van der Waals surface area contributed by atoms with Crippen LogP contribution in [0.15, 0.2) is 44.6 Å². The van der Waals surface area contributed by atoms with E-state index in [1.807, 2.05) is 25.6 Å². The Bertz CT molecular complexity index is 765. The molecule has 2 heterocycles. The molecule has 1 aliphatic rings. The van der Waals surface area contributed by atoms with E-state index in [-0.39, 0.29) is 0 Å². The second kappa shape index (κ2) is 12.0. The van der Waals surface area contributed by atoms with Crippen LogP contribution in [0.25, 0.3) is 0 Å². The van der Waals surface area contributed by atoms with Gasteiger partial charge < -0.3 is 15.1 Å². The fraction of sp³-hybridized carbons (Fsp3) is 0.565. The van der Waals surface area contributed by atoms with Crippen LogP contribution >= 0.6 is 11.8 Å². The SMILES string of the molecule is CCNC(=NCC1CCN(Cc2nc(C)c(C)o2)CC1)NCCSc1ccccc1. The molecule has 30 heavy (non-hydrogen) atoms. The predicted molar refractivity (Wildman–Crippen MR) is 125 cm³/mol. The Balaban J connectivity index is 1.37. The standard InChI is InChI=1S/C23H35N5OS/c1-4-24-23(25-12-15-30-21-8-6-5-7-9-21)26-16-20-10-13-28(14-11-20)17-22-27-18(2)19(3)29-22/h5-9,20H,4,10-17H2,1-3H3,(H2,24,25,26). The van der Waals surface area contributed by atoms with Crippen LogP contribution in [-0.4, -0.2) is 54.3 Å². The van der Waals surface area contributed by atoms with Crippen molar-refractivity contribution < 1.29 is 4.42 Å². The molecule has 6 nitrogen and oxygen atoms in total. The maximum Gasteiger partial charge on any atom is 0.208 e.